The third-order valence-electron chi connectivity index (χ3n) is 4.40. The summed E-state index contributed by atoms with van der Waals surface area (Å²) >= 11 is 0. The molecule has 0 atom stereocenters. The highest BCUT2D eigenvalue weighted by atomic mass is 16.1. The summed E-state index contributed by atoms with van der Waals surface area (Å²) in [6.45, 7) is 2.15. The van der Waals surface area contributed by atoms with Gasteiger partial charge in [-0.05, 0) is 30.5 Å². The van der Waals surface area contributed by atoms with E-state index in [0.29, 0.717) is 5.95 Å². The van der Waals surface area contributed by atoms with E-state index in [4.69, 9.17) is 0 Å². The highest BCUT2D eigenvalue weighted by Crippen LogP contribution is 2.22. The maximum atomic E-state index is 13.1. The van der Waals surface area contributed by atoms with Gasteiger partial charge in [-0.3, -0.25) is 9.89 Å². The van der Waals surface area contributed by atoms with Crippen LogP contribution in [0.25, 0.3) is 28.1 Å². The zero-order chi connectivity index (χ0) is 17.2. The lowest BCUT2D eigenvalue weighted by molar-refractivity contribution is 0.735. The minimum absolute atomic E-state index is 0.0728. The van der Waals surface area contributed by atoms with Crippen LogP contribution in [0.2, 0.25) is 0 Å². The molecule has 4 rings (SSSR count). The Morgan fingerprint density at radius 1 is 1.04 bits per heavy atom. The third kappa shape index (κ3) is 2.78. The van der Waals surface area contributed by atoms with Crippen molar-refractivity contribution in [3.63, 3.8) is 0 Å². The normalized spacial score (nSPS) is 11.2. The average Bonchev–Trinajstić information content (AvgIpc) is 3.21. The third-order valence-corrected chi connectivity index (χ3v) is 4.40. The fourth-order valence-corrected chi connectivity index (χ4v) is 3.11. The van der Waals surface area contributed by atoms with Crippen molar-refractivity contribution in [2.24, 2.45) is 0 Å². The van der Waals surface area contributed by atoms with Crippen LogP contribution in [0.4, 0.5) is 0 Å². The maximum Gasteiger partial charge on any atom is 0.281 e. The van der Waals surface area contributed by atoms with Crippen LogP contribution in [0.3, 0.4) is 0 Å². The van der Waals surface area contributed by atoms with Crippen LogP contribution in [0.15, 0.2) is 59.4 Å². The standard InChI is InChI=1S/C20H20N4O/c1-2-3-11-17-18(14-9-5-4-6-10-14)19(25)24(23-17)20-21-15-12-7-8-13-16(15)22-20/h4-10,12-13,23H,2-3,11H2,1H3,(H,21,22). The Hall–Kier alpha value is -3.08. The van der Waals surface area contributed by atoms with Crippen LogP contribution in [-0.2, 0) is 6.42 Å². The van der Waals surface area contributed by atoms with Crippen molar-refractivity contribution in [1.82, 2.24) is 19.7 Å². The number of fused-ring (bicyclic) bond motifs is 1. The number of H-pyrrole nitrogens is 2. The van der Waals surface area contributed by atoms with Gasteiger partial charge < -0.3 is 4.98 Å². The van der Waals surface area contributed by atoms with Gasteiger partial charge in [-0.15, -0.1) is 0 Å². The molecule has 5 heteroatoms. The number of rotatable bonds is 5. The van der Waals surface area contributed by atoms with Crippen molar-refractivity contribution in [3.05, 3.63) is 70.6 Å². The Bertz CT molecular complexity index is 1020. The molecule has 0 aliphatic heterocycles. The fourth-order valence-electron chi connectivity index (χ4n) is 3.11. The van der Waals surface area contributed by atoms with Crippen molar-refractivity contribution in [3.8, 4) is 17.1 Å². The van der Waals surface area contributed by atoms with Crippen LogP contribution < -0.4 is 5.56 Å². The molecule has 0 amide bonds. The molecule has 2 aromatic carbocycles. The highest BCUT2D eigenvalue weighted by Gasteiger charge is 2.18. The molecule has 0 bridgehead atoms. The number of hydrogen-bond acceptors (Lipinski definition) is 2. The molecule has 5 nitrogen and oxygen atoms in total. The van der Waals surface area contributed by atoms with E-state index < -0.39 is 0 Å². The van der Waals surface area contributed by atoms with Crippen LogP contribution in [0.1, 0.15) is 25.5 Å². The number of aromatic amines is 2. The number of para-hydroxylation sites is 2. The van der Waals surface area contributed by atoms with Crippen LogP contribution in [0.5, 0.6) is 0 Å². The summed E-state index contributed by atoms with van der Waals surface area (Å²) < 4.78 is 1.52. The van der Waals surface area contributed by atoms with E-state index in [1.165, 1.54) is 4.68 Å². The zero-order valence-electron chi connectivity index (χ0n) is 14.1. The van der Waals surface area contributed by atoms with E-state index >= 15 is 0 Å². The Kier molecular flexibility index (Phi) is 3.98. The summed E-state index contributed by atoms with van der Waals surface area (Å²) in [6.07, 6.45) is 2.94. The highest BCUT2D eigenvalue weighted by molar-refractivity contribution is 5.76. The first-order valence-corrected chi connectivity index (χ1v) is 8.62. The molecular formula is C20H20N4O. The van der Waals surface area contributed by atoms with E-state index in [9.17, 15) is 4.79 Å². The molecule has 0 fully saturated rings. The van der Waals surface area contributed by atoms with Crippen molar-refractivity contribution in [2.75, 3.05) is 0 Å². The van der Waals surface area contributed by atoms with Gasteiger partial charge in [0.15, 0.2) is 0 Å². The molecule has 0 spiro atoms. The largest absolute Gasteiger partial charge is 0.322 e. The van der Waals surface area contributed by atoms with Crippen molar-refractivity contribution >= 4 is 11.0 Å². The first-order chi connectivity index (χ1) is 12.3. The molecule has 0 aliphatic rings. The molecule has 25 heavy (non-hydrogen) atoms. The van der Waals surface area contributed by atoms with Crippen molar-refractivity contribution in [2.45, 2.75) is 26.2 Å². The van der Waals surface area contributed by atoms with E-state index in [1.807, 2.05) is 54.6 Å². The average molecular weight is 332 g/mol. The molecule has 126 valence electrons. The van der Waals surface area contributed by atoms with Crippen LogP contribution >= 0.6 is 0 Å². The van der Waals surface area contributed by atoms with E-state index in [1.54, 1.807) is 0 Å². The quantitative estimate of drug-likeness (QED) is 0.579. The van der Waals surface area contributed by atoms with Gasteiger partial charge >= 0.3 is 0 Å². The number of aromatic nitrogens is 4. The second-order valence-electron chi connectivity index (χ2n) is 6.15. The molecule has 0 saturated heterocycles. The Morgan fingerprint density at radius 2 is 1.80 bits per heavy atom. The second-order valence-corrected chi connectivity index (χ2v) is 6.15. The van der Waals surface area contributed by atoms with E-state index in [2.05, 4.69) is 22.0 Å². The first kappa shape index (κ1) is 15.4. The minimum Gasteiger partial charge on any atom is -0.322 e. The molecule has 2 aromatic heterocycles. The summed E-state index contributed by atoms with van der Waals surface area (Å²) in [5, 5.41) is 3.27. The van der Waals surface area contributed by atoms with Gasteiger partial charge in [0.2, 0.25) is 5.95 Å². The van der Waals surface area contributed by atoms with Gasteiger partial charge in [-0.2, -0.15) is 4.68 Å². The zero-order valence-corrected chi connectivity index (χ0v) is 14.1. The summed E-state index contributed by atoms with van der Waals surface area (Å²) in [5.41, 5.74) is 4.31. The number of nitrogens with zero attached hydrogens (tertiary/aromatic N) is 2. The minimum atomic E-state index is -0.0728. The lowest BCUT2D eigenvalue weighted by atomic mass is 10.0. The number of benzene rings is 2. The van der Waals surface area contributed by atoms with Gasteiger partial charge in [0.25, 0.3) is 5.56 Å². The molecule has 0 unspecified atom stereocenters. The predicted molar refractivity (Wildman–Crippen MR) is 100 cm³/mol. The first-order valence-electron chi connectivity index (χ1n) is 8.62. The smallest absolute Gasteiger partial charge is 0.281 e. The van der Waals surface area contributed by atoms with Gasteiger partial charge in [-0.25, -0.2) is 4.98 Å². The Balaban J connectivity index is 1.88. The van der Waals surface area contributed by atoms with E-state index in [-0.39, 0.29) is 5.56 Å². The second kappa shape index (κ2) is 6.43. The van der Waals surface area contributed by atoms with Crippen LogP contribution in [0, 0.1) is 0 Å². The Labute approximate surface area is 145 Å². The molecule has 2 N–H and O–H groups in total. The van der Waals surface area contributed by atoms with E-state index in [0.717, 1.165) is 47.1 Å². The Morgan fingerprint density at radius 3 is 2.56 bits per heavy atom. The molecule has 4 aromatic rings. The van der Waals surface area contributed by atoms with Gasteiger partial charge in [-0.1, -0.05) is 55.8 Å². The SMILES string of the molecule is CCCCc1[nH]n(-c2nc3ccccc3[nH]2)c(=O)c1-c1ccccc1. The van der Waals surface area contributed by atoms with Gasteiger partial charge in [0.05, 0.1) is 16.6 Å². The topological polar surface area (TPSA) is 66.5 Å². The molecule has 0 radical (unpaired) electrons. The monoisotopic (exact) mass is 332 g/mol. The van der Waals surface area contributed by atoms with Gasteiger partial charge in [0.1, 0.15) is 0 Å². The van der Waals surface area contributed by atoms with Crippen molar-refractivity contribution < 1.29 is 0 Å². The maximum absolute atomic E-state index is 13.1. The van der Waals surface area contributed by atoms with Crippen LogP contribution in [-0.4, -0.2) is 19.7 Å². The summed E-state index contributed by atoms with van der Waals surface area (Å²) in [6, 6.07) is 17.6. The van der Waals surface area contributed by atoms with Crippen molar-refractivity contribution in [1.29, 1.82) is 0 Å². The molecular weight excluding hydrogens is 312 g/mol. The lowest BCUT2D eigenvalue weighted by Crippen LogP contribution is -2.16. The fraction of sp³-hybridized carbons (Fsp3) is 0.200. The summed E-state index contributed by atoms with van der Waals surface area (Å²) in [4.78, 5) is 20.9. The number of unbranched alkanes of at least 4 members (excludes halogenated alkanes) is 1. The summed E-state index contributed by atoms with van der Waals surface area (Å²) in [7, 11) is 0. The number of hydrogen-bond donors (Lipinski definition) is 2. The lowest BCUT2D eigenvalue weighted by Gasteiger charge is -2.01. The molecule has 0 aliphatic carbocycles. The number of aryl methyl sites for hydroxylation is 1. The number of imidazole rings is 1. The number of nitrogens with one attached hydrogen (secondary N) is 2. The van der Waals surface area contributed by atoms with Gasteiger partial charge in [0, 0.05) is 5.69 Å². The molecule has 2 heterocycles. The summed E-state index contributed by atoms with van der Waals surface area (Å²) in [5.74, 6) is 0.520. The predicted octanol–water partition coefficient (Wildman–Crippen LogP) is 4.05. The molecule has 0 saturated carbocycles.